The predicted molar refractivity (Wildman–Crippen MR) is 101 cm³/mol. The fourth-order valence-electron chi connectivity index (χ4n) is 2.87. The van der Waals surface area contributed by atoms with Gasteiger partial charge < -0.3 is 9.67 Å². The zero-order valence-electron chi connectivity index (χ0n) is 14.6. The second-order valence-electron chi connectivity index (χ2n) is 6.22. The van der Waals surface area contributed by atoms with Gasteiger partial charge in [-0.25, -0.2) is 4.39 Å². The van der Waals surface area contributed by atoms with Crippen LogP contribution in [-0.2, 0) is 13.1 Å². The van der Waals surface area contributed by atoms with E-state index in [1.54, 1.807) is 12.1 Å². The van der Waals surface area contributed by atoms with Crippen LogP contribution in [0.15, 0.2) is 67.9 Å². The second-order valence-corrected chi connectivity index (χ2v) is 6.22. The van der Waals surface area contributed by atoms with E-state index in [4.69, 9.17) is 0 Å². The molecule has 1 aromatic heterocycles. The fraction of sp³-hybridized carbons (Fsp3) is 0.333. The van der Waals surface area contributed by atoms with Gasteiger partial charge >= 0.3 is 0 Å². The summed E-state index contributed by atoms with van der Waals surface area (Å²) in [6.07, 6.45) is 6.72. The predicted octanol–water partition coefficient (Wildman–Crippen LogP) is 3.99. The minimum atomic E-state index is -0.395. The van der Waals surface area contributed by atoms with E-state index < -0.39 is 6.10 Å². The Morgan fingerprint density at radius 2 is 1.96 bits per heavy atom. The highest BCUT2D eigenvalue weighted by Crippen LogP contribution is 2.14. The lowest BCUT2D eigenvalue weighted by atomic mass is 10.2. The third kappa shape index (κ3) is 6.00. The Balaban J connectivity index is 2.04. The van der Waals surface area contributed by atoms with Crippen LogP contribution in [0.3, 0.4) is 0 Å². The number of nitrogens with zero attached hydrogens (tertiary/aromatic N) is 2. The lowest BCUT2D eigenvalue weighted by molar-refractivity contribution is 0.107. The Bertz CT molecular complexity index is 680. The number of halogens is 1. The van der Waals surface area contributed by atoms with Gasteiger partial charge in [-0.3, -0.25) is 4.90 Å². The van der Waals surface area contributed by atoms with Crippen LogP contribution < -0.4 is 0 Å². The monoisotopic (exact) mass is 342 g/mol. The van der Waals surface area contributed by atoms with Gasteiger partial charge in [0.2, 0.25) is 0 Å². The van der Waals surface area contributed by atoms with E-state index in [9.17, 15) is 9.50 Å². The van der Waals surface area contributed by atoms with Gasteiger partial charge in [0.15, 0.2) is 0 Å². The molecule has 0 saturated heterocycles. The molecule has 2 rings (SSSR count). The van der Waals surface area contributed by atoms with E-state index in [0.29, 0.717) is 38.2 Å². The minimum absolute atomic E-state index is 0.190. The van der Waals surface area contributed by atoms with E-state index in [1.807, 2.05) is 41.1 Å². The number of aliphatic hydroxyl groups excluding tert-OH is 1. The van der Waals surface area contributed by atoms with Crippen molar-refractivity contribution in [3.63, 3.8) is 0 Å². The minimum Gasteiger partial charge on any atom is -0.392 e. The molecule has 4 heteroatoms. The molecular formula is C21H27FN2O. The van der Waals surface area contributed by atoms with Crippen LogP contribution in [0.5, 0.6) is 0 Å². The van der Waals surface area contributed by atoms with E-state index >= 15 is 0 Å². The van der Waals surface area contributed by atoms with Gasteiger partial charge in [-0.15, -0.1) is 13.2 Å². The van der Waals surface area contributed by atoms with Crippen molar-refractivity contribution in [1.82, 2.24) is 9.47 Å². The Morgan fingerprint density at radius 1 is 1.16 bits per heavy atom. The topological polar surface area (TPSA) is 28.4 Å². The maximum Gasteiger partial charge on any atom is 0.128 e. The van der Waals surface area contributed by atoms with Gasteiger partial charge in [-0.1, -0.05) is 30.4 Å². The van der Waals surface area contributed by atoms with Crippen molar-refractivity contribution >= 4 is 0 Å². The van der Waals surface area contributed by atoms with Crippen molar-refractivity contribution in [3.05, 3.63) is 85.0 Å². The third-order valence-electron chi connectivity index (χ3n) is 4.17. The number of aliphatic hydroxyl groups is 1. The molecule has 1 N–H and O–H groups in total. The Morgan fingerprint density at radius 3 is 2.68 bits per heavy atom. The summed E-state index contributed by atoms with van der Waals surface area (Å²) >= 11 is 0. The molecular weight excluding hydrogens is 315 g/mol. The molecule has 1 atom stereocenters. The van der Waals surface area contributed by atoms with Crippen LogP contribution in [0.25, 0.3) is 0 Å². The molecule has 3 nitrogen and oxygen atoms in total. The molecule has 1 aromatic carbocycles. The largest absolute Gasteiger partial charge is 0.392 e. The summed E-state index contributed by atoms with van der Waals surface area (Å²) < 4.78 is 16.0. The highest BCUT2D eigenvalue weighted by atomic mass is 19.1. The van der Waals surface area contributed by atoms with E-state index in [1.165, 1.54) is 6.07 Å². The molecule has 0 spiro atoms. The van der Waals surface area contributed by atoms with Crippen LogP contribution >= 0.6 is 0 Å². The quantitative estimate of drug-likeness (QED) is 0.626. The lowest BCUT2D eigenvalue weighted by Crippen LogP contribution is -2.33. The second kappa shape index (κ2) is 9.97. The zero-order chi connectivity index (χ0) is 18.1. The molecule has 0 fully saturated rings. The molecule has 0 unspecified atom stereocenters. The summed E-state index contributed by atoms with van der Waals surface area (Å²) in [6.45, 7) is 9.94. The van der Waals surface area contributed by atoms with Gasteiger partial charge in [-0.2, -0.15) is 0 Å². The molecule has 1 heterocycles. The summed E-state index contributed by atoms with van der Waals surface area (Å²) in [6, 6.07) is 10.8. The van der Waals surface area contributed by atoms with Crippen molar-refractivity contribution in [3.8, 4) is 0 Å². The Hall–Kier alpha value is -2.17. The smallest absolute Gasteiger partial charge is 0.128 e. The van der Waals surface area contributed by atoms with E-state index in [-0.39, 0.29) is 5.82 Å². The molecule has 0 bridgehead atoms. The average Bonchev–Trinajstić information content (AvgIpc) is 3.02. The first-order valence-corrected chi connectivity index (χ1v) is 8.63. The number of benzene rings is 1. The molecule has 0 radical (unpaired) electrons. The van der Waals surface area contributed by atoms with Crippen molar-refractivity contribution in [2.75, 3.05) is 13.1 Å². The SMILES string of the molecule is C=CCC[C@@H](O)CN(CC=C)Cc1cccn1Cc1ccccc1F. The maximum atomic E-state index is 13.9. The van der Waals surface area contributed by atoms with Gasteiger partial charge in [0.1, 0.15) is 5.82 Å². The first-order valence-electron chi connectivity index (χ1n) is 8.63. The van der Waals surface area contributed by atoms with Crippen LogP contribution in [0.1, 0.15) is 24.1 Å². The fourth-order valence-corrected chi connectivity index (χ4v) is 2.87. The van der Waals surface area contributed by atoms with Crippen LogP contribution in [0.2, 0.25) is 0 Å². The van der Waals surface area contributed by atoms with Crippen molar-refractivity contribution in [2.45, 2.75) is 32.0 Å². The van der Waals surface area contributed by atoms with Crippen LogP contribution in [-0.4, -0.2) is 33.8 Å². The molecule has 0 aliphatic heterocycles. The number of aromatic nitrogens is 1. The molecule has 0 amide bonds. The first kappa shape index (κ1) is 19.2. The summed E-state index contributed by atoms with van der Waals surface area (Å²) in [4.78, 5) is 2.15. The van der Waals surface area contributed by atoms with Crippen molar-refractivity contribution < 1.29 is 9.50 Å². The summed E-state index contributed by atoms with van der Waals surface area (Å²) in [7, 11) is 0. The molecule has 134 valence electrons. The summed E-state index contributed by atoms with van der Waals surface area (Å²) in [5.41, 5.74) is 1.75. The summed E-state index contributed by atoms with van der Waals surface area (Å²) in [5, 5.41) is 10.2. The standard InChI is InChI=1S/C21H27FN2O/c1-3-5-11-20(25)17-23(13-4-2)16-19-10-8-14-24(19)15-18-9-6-7-12-21(18)22/h3-4,6-10,12,14,20,25H,1-2,5,11,13,15-17H2/t20-/m1/s1. The molecule has 0 saturated carbocycles. The maximum absolute atomic E-state index is 13.9. The normalized spacial score (nSPS) is 12.3. The van der Waals surface area contributed by atoms with Gasteiger partial charge in [0.05, 0.1) is 12.6 Å². The van der Waals surface area contributed by atoms with Gasteiger partial charge in [0.25, 0.3) is 0 Å². The molecule has 2 aromatic rings. The third-order valence-corrected chi connectivity index (χ3v) is 4.17. The zero-order valence-corrected chi connectivity index (χ0v) is 14.6. The molecule has 25 heavy (non-hydrogen) atoms. The van der Waals surface area contributed by atoms with Crippen LogP contribution in [0, 0.1) is 5.82 Å². The average molecular weight is 342 g/mol. The highest BCUT2D eigenvalue weighted by molar-refractivity contribution is 5.19. The Kier molecular flexibility index (Phi) is 7.64. The van der Waals surface area contributed by atoms with Gasteiger partial charge in [0, 0.05) is 37.1 Å². The lowest BCUT2D eigenvalue weighted by Gasteiger charge is -2.24. The first-order chi connectivity index (χ1) is 12.1. The van der Waals surface area contributed by atoms with Crippen molar-refractivity contribution in [2.24, 2.45) is 0 Å². The number of allylic oxidation sites excluding steroid dienone is 1. The van der Waals surface area contributed by atoms with E-state index in [0.717, 1.165) is 12.1 Å². The number of hydrogen-bond acceptors (Lipinski definition) is 2. The Labute approximate surface area is 149 Å². The van der Waals surface area contributed by atoms with Crippen molar-refractivity contribution in [1.29, 1.82) is 0 Å². The molecule has 0 aliphatic rings. The molecule has 0 aliphatic carbocycles. The number of hydrogen-bond donors (Lipinski definition) is 1. The number of rotatable bonds is 11. The highest BCUT2D eigenvalue weighted by Gasteiger charge is 2.13. The van der Waals surface area contributed by atoms with E-state index in [2.05, 4.69) is 18.1 Å². The summed E-state index contributed by atoms with van der Waals surface area (Å²) in [5.74, 6) is -0.190. The van der Waals surface area contributed by atoms with Gasteiger partial charge in [-0.05, 0) is 31.0 Å². The van der Waals surface area contributed by atoms with Crippen LogP contribution in [0.4, 0.5) is 4.39 Å².